The number of rotatable bonds is 3. The van der Waals surface area contributed by atoms with Gasteiger partial charge in [-0.2, -0.15) is 0 Å². The van der Waals surface area contributed by atoms with Crippen LogP contribution in [0.15, 0.2) is 84.1 Å². The molecule has 0 fully saturated rings. The maximum atomic E-state index is 13.1. The zero-order valence-corrected chi connectivity index (χ0v) is 11.7. The normalized spacial score (nSPS) is 11.4. The molecule has 0 unspecified atom stereocenters. The number of hydrogen-bond acceptors (Lipinski definition) is 2. The van der Waals surface area contributed by atoms with Crippen molar-refractivity contribution in [3.05, 3.63) is 90.4 Å². The van der Waals surface area contributed by atoms with Crippen LogP contribution in [-0.4, -0.2) is 5.90 Å². The monoisotopic (exact) mass is 292 g/mol. The van der Waals surface area contributed by atoms with Crippen LogP contribution in [0.4, 0.5) is 4.39 Å². The van der Waals surface area contributed by atoms with Crippen molar-refractivity contribution < 1.29 is 14.2 Å². The van der Waals surface area contributed by atoms with Gasteiger partial charge in [-0.1, -0.05) is 35.0 Å². The molecule has 0 saturated heterocycles. The molecule has 3 rings (SSSR count). The van der Waals surface area contributed by atoms with Crippen LogP contribution in [0.5, 0.6) is 0 Å². The molecule has 0 atom stereocenters. The zero-order valence-electron chi connectivity index (χ0n) is 11.7. The van der Waals surface area contributed by atoms with Crippen LogP contribution in [0.25, 0.3) is 11.3 Å². The van der Waals surface area contributed by atoms with Crippen molar-refractivity contribution in [2.24, 2.45) is 5.10 Å². The molecule has 0 amide bonds. The Kier molecular flexibility index (Phi) is 3.92. The van der Waals surface area contributed by atoms with Crippen LogP contribution in [-0.2, 0) is 0 Å². The van der Waals surface area contributed by atoms with E-state index in [2.05, 4.69) is 5.10 Å². The van der Waals surface area contributed by atoms with Crippen molar-refractivity contribution in [3.8, 4) is 11.3 Å². The standard InChI is InChI=1S/C18H13FN2O/c19-16-11-9-14(10-12-16)17-8-4-5-13-21(17)20-18(22)15-6-2-1-3-7-15/h1-13H. The maximum Gasteiger partial charge on any atom is 0.245 e. The highest BCUT2D eigenvalue weighted by atomic mass is 19.1. The molecule has 108 valence electrons. The molecule has 0 bridgehead atoms. The highest BCUT2D eigenvalue weighted by molar-refractivity contribution is 5.89. The minimum Gasteiger partial charge on any atom is -0.854 e. The van der Waals surface area contributed by atoms with Crippen molar-refractivity contribution in [1.82, 2.24) is 0 Å². The van der Waals surface area contributed by atoms with Gasteiger partial charge in [0.15, 0.2) is 0 Å². The first-order valence-electron chi connectivity index (χ1n) is 6.82. The van der Waals surface area contributed by atoms with E-state index >= 15 is 0 Å². The van der Waals surface area contributed by atoms with Gasteiger partial charge in [-0.3, -0.25) is 0 Å². The molecule has 0 N–H and O–H groups in total. The van der Waals surface area contributed by atoms with Gasteiger partial charge >= 0.3 is 0 Å². The van der Waals surface area contributed by atoms with E-state index in [0.29, 0.717) is 11.3 Å². The third-order valence-electron chi connectivity index (χ3n) is 3.20. The van der Waals surface area contributed by atoms with Crippen LogP contribution in [0.3, 0.4) is 0 Å². The predicted octanol–water partition coefficient (Wildman–Crippen LogP) is 2.35. The van der Waals surface area contributed by atoms with Crippen LogP contribution >= 0.6 is 0 Å². The summed E-state index contributed by atoms with van der Waals surface area (Å²) in [7, 11) is 0. The second-order valence-corrected chi connectivity index (χ2v) is 4.71. The highest BCUT2D eigenvalue weighted by Gasteiger charge is 2.12. The summed E-state index contributed by atoms with van der Waals surface area (Å²) in [5, 5.41) is 16.3. The molecule has 1 heterocycles. The van der Waals surface area contributed by atoms with Gasteiger partial charge in [-0.25, -0.2) is 4.39 Å². The van der Waals surface area contributed by atoms with E-state index in [1.54, 1.807) is 48.7 Å². The van der Waals surface area contributed by atoms with E-state index < -0.39 is 0 Å². The number of nitrogens with zero attached hydrogens (tertiary/aromatic N) is 2. The molecule has 4 heteroatoms. The number of hydrogen-bond donors (Lipinski definition) is 0. The molecule has 3 aromatic rings. The molecule has 0 aliphatic rings. The van der Waals surface area contributed by atoms with Gasteiger partial charge in [0.25, 0.3) is 0 Å². The zero-order chi connectivity index (χ0) is 15.4. The Bertz CT molecular complexity index is 799. The van der Waals surface area contributed by atoms with Gasteiger partial charge in [0.2, 0.25) is 11.9 Å². The van der Waals surface area contributed by atoms with Crippen LogP contribution in [0, 0.1) is 5.82 Å². The van der Waals surface area contributed by atoms with E-state index in [9.17, 15) is 9.50 Å². The van der Waals surface area contributed by atoms with Gasteiger partial charge in [0, 0.05) is 17.7 Å². The van der Waals surface area contributed by atoms with Gasteiger partial charge in [-0.15, -0.1) is 0 Å². The SMILES string of the molecule is [O-]/C(=N/[n+]1ccccc1-c1ccc(F)cc1)c1ccccc1. The van der Waals surface area contributed by atoms with Crippen molar-refractivity contribution >= 4 is 5.90 Å². The maximum absolute atomic E-state index is 13.1. The summed E-state index contributed by atoms with van der Waals surface area (Å²) in [6.07, 6.45) is 1.69. The third kappa shape index (κ3) is 3.01. The molecular formula is C18H13FN2O. The summed E-state index contributed by atoms with van der Waals surface area (Å²) in [6.45, 7) is 0. The Balaban J connectivity index is 2.03. The fraction of sp³-hybridized carbons (Fsp3) is 0. The first kappa shape index (κ1) is 13.9. The predicted molar refractivity (Wildman–Crippen MR) is 80.4 cm³/mol. The minimum absolute atomic E-state index is 0.302. The first-order chi connectivity index (χ1) is 10.7. The molecule has 1 aromatic heterocycles. The number of aromatic nitrogens is 1. The smallest absolute Gasteiger partial charge is 0.245 e. The fourth-order valence-electron chi connectivity index (χ4n) is 2.11. The molecule has 0 aliphatic heterocycles. The summed E-state index contributed by atoms with van der Waals surface area (Å²) in [5.74, 6) is -0.635. The van der Waals surface area contributed by atoms with E-state index in [1.807, 2.05) is 18.2 Å². The minimum atomic E-state index is -0.333. The average molecular weight is 292 g/mol. The first-order valence-corrected chi connectivity index (χ1v) is 6.82. The van der Waals surface area contributed by atoms with E-state index in [4.69, 9.17) is 0 Å². The summed E-state index contributed by atoms with van der Waals surface area (Å²) in [6, 6.07) is 20.4. The Morgan fingerprint density at radius 2 is 1.55 bits per heavy atom. The largest absolute Gasteiger partial charge is 0.854 e. The lowest BCUT2D eigenvalue weighted by Gasteiger charge is -2.07. The van der Waals surface area contributed by atoms with Crippen LogP contribution < -0.4 is 9.78 Å². The van der Waals surface area contributed by atoms with Crippen molar-refractivity contribution in [1.29, 1.82) is 0 Å². The third-order valence-corrected chi connectivity index (χ3v) is 3.20. The lowest BCUT2D eigenvalue weighted by atomic mass is 10.1. The fourth-order valence-corrected chi connectivity index (χ4v) is 2.11. The Hall–Kier alpha value is -3.01. The lowest BCUT2D eigenvalue weighted by Crippen LogP contribution is -2.35. The number of halogens is 1. The summed E-state index contributed by atoms with van der Waals surface area (Å²) in [5.41, 5.74) is 2.02. The van der Waals surface area contributed by atoms with E-state index in [1.165, 1.54) is 16.8 Å². The average Bonchev–Trinajstić information content (AvgIpc) is 2.57. The van der Waals surface area contributed by atoms with Crippen LogP contribution in [0.1, 0.15) is 5.56 Å². The number of benzene rings is 2. The Morgan fingerprint density at radius 1 is 0.864 bits per heavy atom. The second kappa shape index (κ2) is 6.18. The molecular weight excluding hydrogens is 279 g/mol. The van der Waals surface area contributed by atoms with Crippen molar-refractivity contribution in [2.75, 3.05) is 0 Å². The summed E-state index contributed by atoms with van der Waals surface area (Å²) >= 11 is 0. The molecule has 0 spiro atoms. The Morgan fingerprint density at radius 3 is 2.27 bits per heavy atom. The topological polar surface area (TPSA) is 39.3 Å². The molecule has 3 nitrogen and oxygen atoms in total. The second-order valence-electron chi connectivity index (χ2n) is 4.71. The summed E-state index contributed by atoms with van der Waals surface area (Å²) < 4.78 is 14.6. The number of pyridine rings is 1. The van der Waals surface area contributed by atoms with Crippen LogP contribution in [0.2, 0.25) is 0 Å². The van der Waals surface area contributed by atoms with Crippen molar-refractivity contribution in [2.45, 2.75) is 0 Å². The summed E-state index contributed by atoms with van der Waals surface area (Å²) in [4.78, 5) is 0. The van der Waals surface area contributed by atoms with Gasteiger partial charge in [0.05, 0.1) is 5.90 Å². The van der Waals surface area contributed by atoms with Gasteiger partial charge < -0.3 is 5.11 Å². The van der Waals surface area contributed by atoms with E-state index in [-0.39, 0.29) is 11.7 Å². The molecule has 22 heavy (non-hydrogen) atoms. The molecule has 0 aliphatic carbocycles. The van der Waals surface area contributed by atoms with E-state index in [0.717, 1.165) is 5.56 Å². The van der Waals surface area contributed by atoms with Gasteiger partial charge in [0.1, 0.15) is 5.82 Å². The van der Waals surface area contributed by atoms with Crippen molar-refractivity contribution in [3.63, 3.8) is 0 Å². The molecule has 0 radical (unpaired) electrons. The quantitative estimate of drug-likeness (QED) is 0.415. The highest BCUT2D eigenvalue weighted by Crippen LogP contribution is 2.15. The molecule has 0 saturated carbocycles. The lowest BCUT2D eigenvalue weighted by molar-refractivity contribution is -0.670. The Labute approximate surface area is 127 Å². The van der Waals surface area contributed by atoms with Gasteiger partial charge in [-0.05, 0) is 41.0 Å². The molecule has 2 aromatic carbocycles.